The van der Waals surface area contributed by atoms with Gasteiger partial charge in [-0.3, -0.25) is 4.79 Å². The highest BCUT2D eigenvalue weighted by Gasteiger charge is 2.27. The standard InChI is InChI=1S/C24H23NO6S/c1-4-30-23(27)19-15(2)20(24(28)29-3)32-22(19)25-21(26)17-10-12-18(13-11-17)31-14-16-8-6-5-7-9-16/h5-13H,4,14H2,1-3H3,(H,25,26). The first-order valence-electron chi connectivity index (χ1n) is 9.91. The lowest BCUT2D eigenvalue weighted by molar-refractivity contribution is 0.0527. The fourth-order valence-corrected chi connectivity index (χ4v) is 4.06. The van der Waals surface area contributed by atoms with Crippen molar-refractivity contribution in [1.29, 1.82) is 0 Å². The zero-order chi connectivity index (χ0) is 23.1. The maximum atomic E-state index is 12.8. The van der Waals surface area contributed by atoms with Crippen molar-refractivity contribution >= 4 is 34.2 Å². The van der Waals surface area contributed by atoms with E-state index in [4.69, 9.17) is 14.2 Å². The van der Waals surface area contributed by atoms with E-state index in [0.717, 1.165) is 16.9 Å². The Bertz CT molecular complexity index is 1110. The van der Waals surface area contributed by atoms with Gasteiger partial charge >= 0.3 is 11.9 Å². The molecule has 0 fully saturated rings. The first-order valence-corrected chi connectivity index (χ1v) is 10.7. The van der Waals surface area contributed by atoms with Crippen LogP contribution in [0.4, 0.5) is 5.00 Å². The number of anilines is 1. The number of carbonyl (C=O) groups excluding carboxylic acids is 3. The fraction of sp³-hybridized carbons (Fsp3) is 0.208. The maximum Gasteiger partial charge on any atom is 0.348 e. The number of carbonyl (C=O) groups is 3. The Kier molecular flexibility index (Phi) is 7.62. The Hall–Kier alpha value is -3.65. The lowest BCUT2D eigenvalue weighted by atomic mass is 10.1. The second-order valence-electron chi connectivity index (χ2n) is 6.73. The minimum Gasteiger partial charge on any atom is -0.489 e. The minimum absolute atomic E-state index is 0.147. The Morgan fingerprint density at radius 1 is 0.969 bits per heavy atom. The number of ether oxygens (including phenoxy) is 3. The second-order valence-corrected chi connectivity index (χ2v) is 7.75. The summed E-state index contributed by atoms with van der Waals surface area (Å²) in [5, 5.41) is 2.95. The summed E-state index contributed by atoms with van der Waals surface area (Å²) in [5.41, 5.74) is 1.96. The number of rotatable bonds is 8. The molecule has 0 aliphatic heterocycles. The van der Waals surface area contributed by atoms with E-state index in [2.05, 4.69) is 5.32 Å². The number of hydrogen-bond acceptors (Lipinski definition) is 7. The van der Waals surface area contributed by atoms with Gasteiger partial charge in [0.25, 0.3) is 5.91 Å². The van der Waals surface area contributed by atoms with E-state index in [1.165, 1.54) is 7.11 Å². The molecule has 166 valence electrons. The van der Waals surface area contributed by atoms with Gasteiger partial charge in [0.2, 0.25) is 0 Å². The zero-order valence-electron chi connectivity index (χ0n) is 18.0. The SMILES string of the molecule is CCOC(=O)c1c(NC(=O)c2ccc(OCc3ccccc3)cc2)sc(C(=O)OC)c1C. The summed E-state index contributed by atoms with van der Waals surface area (Å²) < 4.78 is 15.6. The topological polar surface area (TPSA) is 90.9 Å². The van der Waals surface area contributed by atoms with Crippen LogP contribution in [0.5, 0.6) is 5.75 Å². The lowest BCUT2D eigenvalue weighted by Gasteiger charge is -2.09. The smallest absolute Gasteiger partial charge is 0.348 e. The molecule has 1 aromatic heterocycles. The van der Waals surface area contributed by atoms with Crippen molar-refractivity contribution in [3.05, 3.63) is 81.7 Å². The highest BCUT2D eigenvalue weighted by Crippen LogP contribution is 2.34. The number of methoxy groups -OCH3 is 1. The molecule has 0 spiro atoms. The first kappa shape index (κ1) is 23.0. The number of thiophene rings is 1. The normalized spacial score (nSPS) is 10.3. The largest absolute Gasteiger partial charge is 0.489 e. The Balaban J connectivity index is 1.76. The Morgan fingerprint density at radius 2 is 1.66 bits per heavy atom. The zero-order valence-corrected chi connectivity index (χ0v) is 18.8. The summed E-state index contributed by atoms with van der Waals surface area (Å²) in [6, 6.07) is 16.4. The number of benzene rings is 2. The van der Waals surface area contributed by atoms with Crippen molar-refractivity contribution < 1.29 is 28.6 Å². The van der Waals surface area contributed by atoms with Gasteiger partial charge in [-0.15, -0.1) is 11.3 Å². The first-order chi connectivity index (χ1) is 15.4. The van der Waals surface area contributed by atoms with Gasteiger partial charge in [-0.05, 0) is 49.2 Å². The van der Waals surface area contributed by atoms with Crippen LogP contribution in [-0.4, -0.2) is 31.6 Å². The van der Waals surface area contributed by atoms with Crippen molar-refractivity contribution in [3.8, 4) is 5.75 Å². The second kappa shape index (κ2) is 10.6. The van der Waals surface area contributed by atoms with E-state index in [1.807, 2.05) is 30.3 Å². The quantitative estimate of drug-likeness (QED) is 0.490. The van der Waals surface area contributed by atoms with E-state index >= 15 is 0 Å². The van der Waals surface area contributed by atoms with Crippen LogP contribution in [-0.2, 0) is 16.1 Å². The van der Waals surface area contributed by atoms with Crippen LogP contribution in [0.1, 0.15) is 48.4 Å². The average Bonchev–Trinajstić information content (AvgIpc) is 3.14. The molecule has 1 amide bonds. The molecule has 0 aliphatic rings. The van der Waals surface area contributed by atoms with Crippen molar-refractivity contribution in [2.24, 2.45) is 0 Å². The highest BCUT2D eigenvalue weighted by molar-refractivity contribution is 7.18. The number of nitrogens with one attached hydrogen (secondary N) is 1. The van der Waals surface area contributed by atoms with Crippen LogP contribution in [0.2, 0.25) is 0 Å². The van der Waals surface area contributed by atoms with Crippen molar-refractivity contribution in [2.45, 2.75) is 20.5 Å². The van der Waals surface area contributed by atoms with Gasteiger partial charge in [0, 0.05) is 5.56 Å². The molecular weight excluding hydrogens is 430 g/mol. The van der Waals surface area contributed by atoms with Gasteiger partial charge in [-0.1, -0.05) is 30.3 Å². The molecule has 0 saturated carbocycles. The third-order valence-electron chi connectivity index (χ3n) is 4.59. The van der Waals surface area contributed by atoms with Gasteiger partial charge in [-0.25, -0.2) is 9.59 Å². The predicted molar refractivity (Wildman–Crippen MR) is 122 cm³/mol. The molecular formula is C24H23NO6S. The van der Waals surface area contributed by atoms with Gasteiger partial charge < -0.3 is 19.5 Å². The molecule has 1 heterocycles. The summed E-state index contributed by atoms with van der Waals surface area (Å²) in [5.74, 6) is -1.00. The molecule has 3 aromatic rings. The number of hydrogen-bond donors (Lipinski definition) is 1. The number of esters is 2. The van der Waals surface area contributed by atoms with Gasteiger partial charge in [0.15, 0.2) is 0 Å². The van der Waals surface area contributed by atoms with Crippen LogP contribution >= 0.6 is 11.3 Å². The molecule has 3 rings (SSSR count). The molecule has 32 heavy (non-hydrogen) atoms. The molecule has 1 N–H and O–H groups in total. The molecule has 7 nitrogen and oxygen atoms in total. The van der Waals surface area contributed by atoms with E-state index in [1.54, 1.807) is 38.1 Å². The van der Waals surface area contributed by atoms with Crippen molar-refractivity contribution in [1.82, 2.24) is 0 Å². The van der Waals surface area contributed by atoms with Crippen LogP contribution in [0.3, 0.4) is 0 Å². The fourth-order valence-electron chi connectivity index (χ4n) is 2.96. The van der Waals surface area contributed by atoms with E-state index in [0.29, 0.717) is 23.5 Å². The highest BCUT2D eigenvalue weighted by atomic mass is 32.1. The summed E-state index contributed by atoms with van der Waals surface area (Å²) in [6.45, 7) is 3.88. The Morgan fingerprint density at radius 3 is 2.28 bits per heavy atom. The molecule has 0 aliphatic carbocycles. The molecule has 0 unspecified atom stereocenters. The number of amides is 1. The molecule has 0 bridgehead atoms. The van der Waals surface area contributed by atoms with Crippen LogP contribution in [0, 0.1) is 6.92 Å². The van der Waals surface area contributed by atoms with E-state index in [9.17, 15) is 14.4 Å². The molecule has 0 saturated heterocycles. The molecule has 8 heteroatoms. The minimum atomic E-state index is -0.614. The average molecular weight is 454 g/mol. The van der Waals surface area contributed by atoms with Gasteiger partial charge in [-0.2, -0.15) is 0 Å². The van der Waals surface area contributed by atoms with Crippen molar-refractivity contribution in [3.63, 3.8) is 0 Å². The third-order valence-corrected chi connectivity index (χ3v) is 5.78. The molecule has 0 atom stereocenters. The van der Waals surface area contributed by atoms with Crippen LogP contribution < -0.4 is 10.1 Å². The van der Waals surface area contributed by atoms with Crippen LogP contribution in [0.25, 0.3) is 0 Å². The lowest BCUT2D eigenvalue weighted by Crippen LogP contribution is -2.15. The molecule has 2 aromatic carbocycles. The van der Waals surface area contributed by atoms with E-state index < -0.39 is 17.8 Å². The van der Waals surface area contributed by atoms with Crippen molar-refractivity contribution in [2.75, 3.05) is 19.0 Å². The monoisotopic (exact) mass is 453 g/mol. The van der Waals surface area contributed by atoms with Crippen LogP contribution in [0.15, 0.2) is 54.6 Å². The van der Waals surface area contributed by atoms with E-state index in [-0.39, 0.29) is 22.0 Å². The molecule has 0 radical (unpaired) electrons. The summed E-state index contributed by atoms with van der Waals surface area (Å²) in [4.78, 5) is 37.5. The Labute approximate surface area is 189 Å². The van der Waals surface area contributed by atoms with Gasteiger partial charge in [0.1, 0.15) is 22.2 Å². The third kappa shape index (κ3) is 5.33. The summed E-state index contributed by atoms with van der Waals surface area (Å²) in [6.07, 6.45) is 0. The maximum absolute atomic E-state index is 12.8. The summed E-state index contributed by atoms with van der Waals surface area (Å²) >= 11 is 0.973. The predicted octanol–water partition coefficient (Wildman–Crippen LogP) is 4.85. The summed E-state index contributed by atoms with van der Waals surface area (Å²) in [7, 11) is 1.26. The van der Waals surface area contributed by atoms with Gasteiger partial charge in [0.05, 0.1) is 19.3 Å².